The maximum absolute atomic E-state index is 10.8. The van der Waals surface area contributed by atoms with Crippen LogP contribution in [-0.4, -0.2) is 26.4 Å². The number of rotatable bonds is 5. The van der Waals surface area contributed by atoms with Gasteiger partial charge in [-0.25, -0.2) is 9.78 Å². The number of carbonyl (C=O) groups is 1. The van der Waals surface area contributed by atoms with Gasteiger partial charge >= 0.3 is 6.09 Å². The summed E-state index contributed by atoms with van der Waals surface area (Å²) in [5.41, 5.74) is 2.52. The van der Waals surface area contributed by atoms with Crippen LogP contribution in [-0.2, 0) is 6.42 Å². The zero-order valence-corrected chi connectivity index (χ0v) is 15.9. The van der Waals surface area contributed by atoms with E-state index in [4.69, 9.17) is 16.7 Å². The number of carboxylic acid groups (broad SMARTS) is 1. The molecule has 4 rings (SSSR count). The van der Waals surface area contributed by atoms with Gasteiger partial charge in [0, 0.05) is 34.1 Å². The van der Waals surface area contributed by atoms with E-state index in [1.807, 2.05) is 42.5 Å². The van der Waals surface area contributed by atoms with Crippen LogP contribution in [0, 0.1) is 0 Å². The first-order chi connectivity index (χ1) is 14.1. The fourth-order valence-electron chi connectivity index (χ4n) is 3.01. The molecule has 0 bridgehead atoms. The molecule has 3 N–H and O–H groups in total. The molecule has 0 aliphatic carbocycles. The van der Waals surface area contributed by atoms with E-state index >= 15 is 0 Å². The lowest BCUT2D eigenvalue weighted by atomic mass is 10.0. The van der Waals surface area contributed by atoms with Crippen LogP contribution in [0.3, 0.4) is 0 Å². The van der Waals surface area contributed by atoms with Crippen molar-refractivity contribution >= 4 is 45.8 Å². The van der Waals surface area contributed by atoms with Gasteiger partial charge in [-0.3, -0.25) is 5.32 Å². The van der Waals surface area contributed by atoms with Gasteiger partial charge in [-0.2, -0.15) is 5.10 Å². The molecule has 0 saturated heterocycles. The summed E-state index contributed by atoms with van der Waals surface area (Å²) < 4.78 is 0. The molecule has 1 amide bonds. The first-order valence-corrected chi connectivity index (χ1v) is 9.18. The smallest absolute Gasteiger partial charge is 0.410 e. The lowest BCUT2D eigenvalue weighted by molar-refractivity contribution is 0.209. The molecule has 0 aliphatic heterocycles. The van der Waals surface area contributed by atoms with Crippen molar-refractivity contribution in [1.82, 2.24) is 15.2 Å². The Morgan fingerprint density at radius 2 is 1.76 bits per heavy atom. The molecule has 0 radical (unpaired) electrons. The number of hydrogen-bond donors (Lipinski definition) is 3. The highest BCUT2D eigenvalue weighted by Crippen LogP contribution is 2.27. The molecule has 0 unspecified atom stereocenters. The van der Waals surface area contributed by atoms with Crippen LogP contribution in [0.5, 0.6) is 0 Å². The van der Waals surface area contributed by atoms with E-state index < -0.39 is 6.09 Å². The summed E-state index contributed by atoms with van der Waals surface area (Å²) in [6.07, 6.45) is 0.899. The number of benzene rings is 2. The number of pyridine rings is 1. The van der Waals surface area contributed by atoms with E-state index in [0.29, 0.717) is 17.3 Å². The quantitative estimate of drug-likeness (QED) is 0.427. The Labute approximate surface area is 171 Å². The zero-order chi connectivity index (χ0) is 20.2. The average molecular weight is 406 g/mol. The second-order valence-electron chi connectivity index (χ2n) is 6.33. The van der Waals surface area contributed by atoms with Gasteiger partial charge in [0.25, 0.3) is 0 Å². The molecule has 29 heavy (non-hydrogen) atoms. The molecule has 0 fully saturated rings. The minimum Gasteiger partial charge on any atom is -0.465 e. The van der Waals surface area contributed by atoms with Crippen molar-refractivity contribution in [3.05, 3.63) is 83.1 Å². The van der Waals surface area contributed by atoms with Crippen molar-refractivity contribution in [2.75, 3.05) is 10.6 Å². The highest BCUT2D eigenvalue weighted by Gasteiger charge is 2.11. The van der Waals surface area contributed by atoms with E-state index in [-0.39, 0.29) is 5.82 Å². The van der Waals surface area contributed by atoms with Crippen LogP contribution in [0.1, 0.15) is 11.3 Å². The molecule has 0 atom stereocenters. The second-order valence-corrected chi connectivity index (χ2v) is 6.77. The minimum atomic E-state index is -1.16. The van der Waals surface area contributed by atoms with Gasteiger partial charge in [0.2, 0.25) is 0 Å². The molecule has 2 aromatic carbocycles. The van der Waals surface area contributed by atoms with Crippen LogP contribution in [0.4, 0.5) is 22.1 Å². The number of aromatic nitrogens is 3. The molecular formula is C21H16ClN5O2. The lowest BCUT2D eigenvalue weighted by Gasteiger charge is -2.11. The first kappa shape index (κ1) is 18.6. The standard InChI is InChI=1S/C21H16ClN5O2/c22-14-5-7-15(8-6-14)24-20-17-4-2-1-3-16(17)18(26-27-20)11-13-9-10-23-19(12-13)25-21(28)29/h1-10,12H,11H2,(H,23,25)(H,24,27)(H,28,29). The number of amides is 1. The minimum absolute atomic E-state index is 0.272. The number of halogens is 1. The van der Waals surface area contributed by atoms with Crippen LogP contribution < -0.4 is 10.6 Å². The Kier molecular flexibility index (Phi) is 5.22. The van der Waals surface area contributed by atoms with Crippen molar-refractivity contribution < 1.29 is 9.90 Å². The van der Waals surface area contributed by atoms with E-state index in [1.165, 1.54) is 0 Å². The van der Waals surface area contributed by atoms with Gasteiger partial charge in [-0.1, -0.05) is 35.9 Å². The Hall–Kier alpha value is -3.71. The molecule has 7 nitrogen and oxygen atoms in total. The third-order valence-corrected chi connectivity index (χ3v) is 4.55. The normalized spacial score (nSPS) is 10.7. The van der Waals surface area contributed by atoms with Crippen LogP contribution in [0.15, 0.2) is 66.9 Å². The fraction of sp³-hybridized carbons (Fsp3) is 0.0476. The Bertz CT molecular complexity index is 1180. The third-order valence-electron chi connectivity index (χ3n) is 4.30. The molecular weight excluding hydrogens is 390 g/mol. The topological polar surface area (TPSA) is 100 Å². The van der Waals surface area contributed by atoms with E-state index in [0.717, 1.165) is 27.7 Å². The van der Waals surface area contributed by atoms with E-state index in [2.05, 4.69) is 25.8 Å². The van der Waals surface area contributed by atoms with Gasteiger partial charge < -0.3 is 10.4 Å². The molecule has 2 aromatic heterocycles. The highest BCUT2D eigenvalue weighted by molar-refractivity contribution is 6.30. The van der Waals surface area contributed by atoms with Crippen molar-refractivity contribution in [2.24, 2.45) is 0 Å². The average Bonchev–Trinajstić information content (AvgIpc) is 2.71. The summed E-state index contributed by atoms with van der Waals surface area (Å²) in [5.74, 6) is 0.919. The summed E-state index contributed by atoms with van der Waals surface area (Å²) in [5, 5.41) is 25.7. The fourth-order valence-corrected chi connectivity index (χ4v) is 3.13. The van der Waals surface area contributed by atoms with Crippen molar-refractivity contribution in [2.45, 2.75) is 6.42 Å². The predicted octanol–water partition coefficient (Wildman–Crippen LogP) is 5.10. The molecule has 0 aliphatic rings. The molecule has 8 heteroatoms. The van der Waals surface area contributed by atoms with Gasteiger partial charge in [-0.05, 0) is 42.0 Å². The summed E-state index contributed by atoms with van der Waals surface area (Å²) in [6, 6.07) is 18.7. The summed E-state index contributed by atoms with van der Waals surface area (Å²) in [6.45, 7) is 0. The first-order valence-electron chi connectivity index (χ1n) is 8.80. The van der Waals surface area contributed by atoms with Crippen LogP contribution in [0.25, 0.3) is 10.8 Å². The largest absolute Gasteiger partial charge is 0.465 e. The van der Waals surface area contributed by atoms with Crippen LogP contribution in [0.2, 0.25) is 5.02 Å². The Morgan fingerprint density at radius 1 is 1.00 bits per heavy atom. The summed E-state index contributed by atoms with van der Waals surface area (Å²) >= 11 is 5.95. The Balaban J connectivity index is 1.66. The number of nitrogens with one attached hydrogen (secondary N) is 2. The van der Waals surface area contributed by atoms with Crippen LogP contribution >= 0.6 is 11.6 Å². The summed E-state index contributed by atoms with van der Waals surface area (Å²) in [7, 11) is 0. The van der Waals surface area contributed by atoms with Crippen molar-refractivity contribution in [3.63, 3.8) is 0 Å². The maximum Gasteiger partial charge on any atom is 0.410 e. The van der Waals surface area contributed by atoms with Crippen molar-refractivity contribution in [1.29, 1.82) is 0 Å². The highest BCUT2D eigenvalue weighted by atomic mass is 35.5. The molecule has 0 saturated carbocycles. The van der Waals surface area contributed by atoms with Gasteiger partial charge in [0.05, 0.1) is 5.69 Å². The maximum atomic E-state index is 10.8. The second kappa shape index (κ2) is 8.12. The molecule has 4 aromatic rings. The third kappa shape index (κ3) is 4.41. The van der Waals surface area contributed by atoms with E-state index in [1.54, 1.807) is 24.4 Å². The van der Waals surface area contributed by atoms with Gasteiger partial charge in [0.15, 0.2) is 5.82 Å². The van der Waals surface area contributed by atoms with Gasteiger partial charge in [-0.15, -0.1) is 5.10 Å². The number of hydrogen-bond acceptors (Lipinski definition) is 5. The van der Waals surface area contributed by atoms with Gasteiger partial charge in [0.1, 0.15) is 5.82 Å². The Morgan fingerprint density at radius 3 is 2.52 bits per heavy atom. The number of nitrogens with zero attached hydrogens (tertiary/aromatic N) is 3. The van der Waals surface area contributed by atoms with Crippen molar-refractivity contribution in [3.8, 4) is 0 Å². The summed E-state index contributed by atoms with van der Waals surface area (Å²) in [4.78, 5) is 14.8. The van der Waals surface area contributed by atoms with E-state index in [9.17, 15) is 4.79 Å². The number of fused-ring (bicyclic) bond motifs is 1. The molecule has 0 spiro atoms. The monoisotopic (exact) mass is 405 g/mol. The zero-order valence-electron chi connectivity index (χ0n) is 15.1. The predicted molar refractivity (Wildman–Crippen MR) is 113 cm³/mol. The molecule has 144 valence electrons. The molecule has 2 heterocycles. The SMILES string of the molecule is O=C(O)Nc1cc(Cc2nnc(Nc3ccc(Cl)cc3)c3ccccc23)ccn1. The lowest BCUT2D eigenvalue weighted by Crippen LogP contribution is -2.09. The number of anilines is 3.